The van der Waals surface area contributed by atoms with E-state index in [1.807, 2.05) is 12.1 Å². The Bertz CT molecular complexity index is 1090. The van der Waals surface area contributed by atoms with Gasteiger partial charge in [0.25, 0.3) is 0 Å². The third-order valence-electron chi connectivity index (χ3n) is 4.49. The molecule has 0 saturated heterocycles. The van der Waals surface area contributed by atoms with Crippen molar-refractivity contribution in [3.05, 3.63) is 59.9 Å². The molecule has 1 aromatic heterocycles. The minimum atomic E-state index is -1.09. The molecule has 0 amide bonds. The van der Waals surface area contributed by atoms with E-state index in [0.717, 1.165) is 16.8 Å². The van der Waals surface area contributed by atoms with Gasteiger partial charge in [-0.25, -0.2) is 4.79 Å². The van der Waals surface area contributed by atoms with Crippen LogP contribution in [0.4, 0.5) is 0 Å². The molecule has 0 fully saturated rings. The summed E-state index contributed by atoms with van der Waals surface area (Å²) in [5.41, 5.74) is 1.55. The summed E-state index contributed by atoms with van der Waals surface area (Å²) in [4.78, 5) is 16.1. The number of fused-ring (bicyclic) bond motifs is 1. The number of methoxy groups -OCH3 is 4. The van der Waals surface area contributed by atoms with Crippen LogP contribution in [0.3, 0.4) is 0 Å². The largest absolute Gasteiger partial charge is 0.493 e. The molecule has 0 unspecified atom stereocenters. The fourth-order valence-corrected chi connectivity index (χ4v) is 3.13. The van der Waals surface area contributed by atoms with Crippen molar-refractivity contribution in [2.75, 3.05) is 28.4 Å². The zero-order valence-electron chi connectivity index (χ0n) is 16.6. The van der Waals surface area contributed by atoms with Gasteiger partial charge in [0, 0.05) is 23.2 Å². The van der Waals surface area contributed by atoms with Crippen molar-refractivity contribution >= 4 is 22.3 Å². The van der Waals surface area contributed by atoms with Crippen LogP contribution in [-0.2, 0) is 4.79 Å². The Morgan fingerprint density at radius 3 is 2.10 bits per heavy atom. The van der Waals surface area contributed by atoms with E-state index < -0.39 is 5.97 Å². The first kappa shape index (κ1) is 20.0. The zero-order valence-corrected chi connectivity index (χ0v) is 16.6. The van der Waals surface area contributed by atoms with E-state index in [1.165, 1.54) is 14.2 Å². The summed E-state index contributed by atoms with van der Waals surface area (Å²) in [6.07, 6.45) is 2.75. The van der Waals surface area contributed by atoms with Crippen LogP contribution in [-0.4, -0.2) is 44.5 Å². The van der Waals surface area contributed by atoms with Gasteiger partial charge < -0.3 is 24.1 Å². The Morgan fingerprint density at radius 2 is 1.48 bits per heavy atom. The van der Waals surface area contributed by atoms with E-state index in [1.54, 1.807) is 44.7 Å². The summed E-state index contributed by atoms with van der Waals surface area (Å²) >= 11 is 0. The number of nitrogens with zero attached hydrogens (tertiary/aromatic N) is 1. The van der Waals surface area contributed by atoms with E-state index in [9.17, 15) is 9.90 Å². The summed E-state index contributed by atoms with van der Waals surface area (Å²) in [5.74, 6) is 1.04. The Labute approximate surface area is 168 Å². The van der Waals surface area contributed by atoms with Gasteiger partial charge in [-0.1, -0.05) is 6.07 Å². The molecular formula is C22H21NO6. The molecule has 0 aliphatic carbocycles. The average molecular weight is 395 g/mol. The molecular weight excluding hydrogens is 374 g/mol. The first-order chi connectivity index (χ1) is 14.0. The first-order valence-corrected chi connectivity index (χ1v) is 8.70. The molecule has 0 bridgehead atoms. The standard InChI is InChI=1S/C22H21NO6/c1-26-17-6-5-13(9-18(17)27-2)16(12-21(24)25)22-15-11-20(29-4)19(28-3)10-14(15)7-8-23-22/h5-12H,1-4H3,(H,24,25)/b16-12+. The highest BCUT2D eigenvalue weighted by Crippen LogP contribution is 2.38. The summed E-state index contributed by atoms with van der Waals surface area (Å²) in [7, 11) is 6.17. The quantitative estimate of drug-likeness (QED) is 0.609. The number of carboxylic acids is 1. The van der Waals surface area contributed by atoms with Gasteiger partial charge in [0.1, 0.15) is 0 Å². The van der Waals surface area contributed by atoms with Gasteiger partial charge >= 0.3 is 5.97 Å². The van der Waals surface area contributed by atoms with E-state index in [-0.39, 0.29) is 0 Å². The lowest BCUT2D eigenvalue weighted by Gasteiger charge is -2.15. The minimum Gasteiger partial charge on any atom is -0.493 e. The number of aliphatic carboxylic acids is 1. The smallest absolute Gasteiger partial charge is 0.329 e. The number of ether oxygens (including phenoxy) is 4. The molecule has 0 radical (unpaired) electrons. The van der Waals surface area contributed by atoms with Crippen LogP contribution in [0.5, 0.6) is 23.0 Å². The van der Waals surface area contributed by atoms with Gasteiger partial charge in [0.15, 0.2) is 23.0 Å². The van der Waals surface area contributed by atoms with E-state index in [2.05, 4.69) is 4.98 Å². The molecule has 150 valence electrons. The van der Waals surface area contributed by atoms with Crippen LogP contribution < -0.4 is 18.9 Å². The predicted octanol–water partition coefficient (Wildman–Crippen LogP) is 3.79. The van der Waals surface area contributed by atoms with Crippen LogP contribution in [0.25, 0.3) is 16.3 Å². The number of rotatable bonds is 7. The fourth-order valence-electron chi connectivity index (χ4n) is 3.13. The molecule has 0 aliphatic rings. The van der Waals surface area contributed by atoms with Crippen molar-refractivity contribution in [2.45, 2.75) is 0 Å². The highest BCUT2D eigenvalue weighted by atomic mass is 16.5. The monoisotopic (exact) mass is 395 g/mol. The van der Waals surface area contributed by atoms with Crippen molar-refractivity contribution < 1.29 is 28.8 Å². The lowest BCUT2D eigenvalue weighted by Crippen LogP contribution is -2.00. The third kappa shape index (κ3) is 3.94. The second kappa shape index (κ2) is 8.52. The van der Waals surface area contributed by atoms with Crippen molar-refractivity contribution in [3.8, 4) is 23.0 Å². The zero-order chi connectivity index (χ0) is 21.0. The molecule has 2 aromatic carbocycles. The molecule has 1 heterocycles. The van der Waals surface area contributed by atoms with Gasteiger partial charge in [-0.2, -0.15) is 0 Å². The van der Waals surface area contributed by atoms with Gasteiger partial charge in [0.05, 0.1) is 34.1 Å². The number of hydrogen-bond donors (Lipinski definition) is 1. The van der Waals surface area contributed by atoms with Gasteiger partial charge in [-0.05, 0) is 41.3 Å². The molecule has 3 rings (SSSR count). The first-order valence-electron chi connectivity index (χ1n) is 8.70. The Balaban J connectivity index is 2.28. The SMILES string of the molecule is COc1ccc(/C(=C\C(=O)O)c2nccc3cc(OC)c(OC)cc23)cc1OC. The molecule has 0 saturated carbocycles. The Morgan fingerprint density at radius 1 is 0.862 bits per heavy atom. The van der Waals surface area contributed by atoms with Gasteiger partial charge in [-0.3, -0.25) is 4.98 Å². The average Bonchev–Trinajstić information content (AvgIpc) is 2.75. The maximum absolute atomic E-state index is 11.6. The lowest BCUT2D eigenvalue weighted by atomic mass is 9.96. The maximum Gasteiger partial charge on any atom is 0.329 e. The molecule has 0 spiro atoms. The second-order valence-electron chi connectivity index (χ2n) is 6.05. The number of aromatic nitrogens is 1. The molecule has 7 heteroatoms. The molecule has 1 N–H and O–H groups in total. The number of hydrogen-bond acceptors (Lipinski definition) is 6. The van der Waals surface area contributed by atoms with Crippen LogP contribution >= 0.6 is 0 Å². The highest BCUT2D eigenvalue weighted by Gasteiger charge is 2.17. The van der Waals surface area contributed by atoms with Crippen molar-refractivity contribution in [1.82, 2.24) is 4.98 Å². The molecule has 0 atom stereocenters. The van der Waals surface area contributed by atoms with Crippen LogP contribution in [0.2, 0.25) is 0 Å². The predicted molar refractivity (Wildman–Crippen MR) is 109 cm³/mol. The molecule has 3 aromatic rings. The number of carbonyl (C=O) groups is 1. The molecule has 0 aliphatic heterocycles. The summed E-state index contributed by atoms with van der Waals surface area (Å²) in [6, 6.07) is 10.6. The fraction of sp³-hybridized carbons (Fsp3) is 0.182. The van der Waals surface area contributed by atoms with Gasteiger partial charge in [0.2, 0.25) is 0 Å². The molecule has 29 heavy (non-hydrogen) atoms. The summed E-state index contributed by atoms with van der Waals surface area (Å²) < 4.78 is 21.4. The van der Waals surface area contributed by atoms with Crippen LogP contribution in [0.1, 0.15) is 11.3 Å². The summed E-state index contributed by atoms with van der Waals surface area (Å²) in [6.45, 7) is 0. The molecule has 7 nitrogen and oxygen atoms in total. The maximum atomic E-state index is 11.6. The van der Waals surface area contributed by atoms with Gasteiger partial charge in [-0.15, -0.1) is 0 Å². The Hall–Kier alpha value is -3.74. The van der Waals surface area contributed by atoms with Crippen LogP contribution in [0.15, 0.2) is 48.7 Å². The normalized spacial score (nSPS) is 11.2. The number of benzene rings is 2. The van der Waals surface area contributed by atoms with E-state index in [0.29, 0.717) is 39.8 Å². The number of carboxylic acid groups (broad SMARTS) is 1. The minimum absolute atomic E-state index is 0.427. The van der Waals surface area contributed by atoms with E-state index >= 15 is 0 Å². The van der Waals surface area contributed by atoms with Crippen molar-refractivity contribution in [2.24, 2.45) is 0 Å². The number of pyridine rings is 1. The topological polar surface area (TPSA) is 87.1 Å². The van der Waals surface area contributed by atoms with E-state index in [4.69, 9.17) is 18.9 Å². The lowest BCUT2D eigenvalue weighted by molar-refractivity contribution is -0.131. The van der Waals surface area contributed by atoms with Crippen LogP contribution in [0, 0.1) is 0 Å². The van der Waals surface area contributed by atoms with Crippen molar-refractivity contribution in [1.29, 1.82) is 0 Å². The van der Waals surface area contributed by atoms with Crippen molar-refractivity contribution in [3.63, 3.8) is 0 Å². The third-order valence-corrected chi connectivity index (χ3v) is 4.49. The second-order valence-corrected chi connectivity index (χ2v) is 6.05. The Kier molecular flexibility index (Phi) is 5.87. The summed E-state index contributed by atoms with van der Waals surface area (Å²) in [5, 5.41) is 11.1. The highest BCUT2D eigenvalue weighted by molar-refractivity contribution is 6.02.